The van der Waals surface area contributed by atoms with E-state index in [1.54, 1.807) is 13.0 Å². The summed E-state index contributed by atoms with van der Waals surface area (Å²) in [6.45, 7) is 1.78. The first-order valence-corrected chi connectivity index (χ1v) is 6.58. The topological polar surface area (TPSA) is 61.4 Å². The largest absolute Gasteiger partial charge is 0.391 e. The molecule has 19 heavy (non-hydrogen) atoms. The normalized spacial score (nSPS) is 22.9. The van der Waals surface area contributed by atoms with E-state index in [2.05, 4.69) is 10.6 Å². The van der Waals surface area contributed by atoms with Crippen LogP contribution in [0.4, 0.5) is 14.9 Å². The number of aliphatic hydroxyl groups is 1. The predicted molar refractivity (Wildman–Crippen MR) is 71.6 cm³/mol. The van der Waals surface area contributed by atoms with Crippen LogP contribution in [0.15, 0.2) is 18.2 Å². The summed E-state index contributed by atoms with van der Waals surface area (Å²) in [6, 6.07) is 3.90. The fourth-order valence-corrected chi connectivity index (χ4v) is 2.33. The van der Waals surface area contributed by atoms with Crippen LogP contribution in [0.5, 0.6) is 0 Å². The molecular weight excluding hydrogens is 247 g/mol. The summed E-state index contributed by atoms with van der Waals surface area (Å²) in [5, 5.41) is 14.9. The molecule has 0 bridgehead atoms. The van der Waals surface area contributed by atoms with Crippen molar-refractivity contribution in [3.05, 3.63) is 29.6 Å². The zero-order chi connectivity index (χ0) is 13.8. The Labute approximate surface area is 112 Å². The van der Waals surface area contributed by atoms with Gasteiger partial charge in [-0.1, -0.05) is 18.9 Å². The molecule has 104 valence electrons. The Balaban J connectivity index is 1.93. The molecular formula is C14H19FN2O2. The summed E-state index contributed by atoms with van der Waals surface area (Å²) in [4.78, 5) is 11.8. The van der Waals surface area contributed by atoms with E-state index in [0.29, 0.717) is 6.42 Å². The molecule has 2 amide bonds. The highest BCUT2D eigenvalue weighted by molar-refractivity contribution is 5.89. The van der Waals surface area contributed by atoms with Crippen LogP contribution in [0.3, 0.4) is 0 Å². The number of aryl methyl sites for hydroxylation is 1. The second kappa shape index (κ2) is 6.02. The maximum Gasteiger partial charge on any atom is 0.319 e. The molecule has 3 N–H and O–H groups in total. The van der Waals surface area contributed by atoms with Gasteiger partial charge >= 0.3 is 6.03 Å². The van der Waals surface area contributed by atoms with E-state index in [1.165, 1.54) is 12.1 Å². The van der Waals surface area contributed by atoms with Gasteiger partial charge in [-0.3, -0.25) is 0 Å². The van der Waals surface area contributed by atoms with E-state index in [9.17, 15) is 14.3 Å². The summed E-state index contributed by atoms with van der Waals surface area (Å²) in [5.74, 6) is -0.459. The molecule has 2 unspecified atom stereocenters. The van der Waals surface area contributed by atoms with Crippen molar-refractivity contribution in [2.75, 3.05) is 5.32 Å². The Kier molecular flexibility index (Phi) is 4.37. The summed E-state index contributed by atoms with van der Waals surface area (Å²) < 4.78 is 13.6. The van der Waals surface area contributed by atoms with E-state index < -0.39 is 18.0 Å². The molecule has 0 aromatic heterocycles. The zero-order valence-corrected chi connectivity index (χ0v) is 10.9. The minimum Gasteiger partial charge on any atom is -0.391 e. The van der Waals surface area contributed by atoms with E-state index in [-0.39, 0.29) is 11.7 Å². The molecule has 4 nitrogen and oxygen atoms in total. The maximum absolute atomic E-state index is 13.6. The molecule has 2 atom stereocenters. The number of aliphatic hydroxyl groups excluding tert-OH is 1. The van der Waals surface area contributed by atoms with Gasteiger partial charge in [0.2, 0.25) is 0 Å². The van der Waals surface area contributed by atoms with Crippen LogP contribution in [-0.2, 0) is 0 Å². The van der Waals surface area contributed by atoms with Gasteiger partial charge in [-0.05, 0) is 37.5 Å². The van der Waals surface area contributed by atoms with E-state index in [4.69, 9.17) is 0 Å². The highest BCUT2D eigenvalue weighted by Gasteiger charge is 2.24. The smallest absolute Gasteiger partial charge is 0.319 e. The van der Waals surface area contributed by atoms with Gasteiger partial charge in [-0.15, -0.1) is 0 Å². The number of carbonyl (C=O) groups is 1. The molecule has 1 fully saturated rings. The number of hydrogen-bond acceptors (Lipinski definition) is 2. The summed E-state index contributed by atoms with van der Waals surface area (Å²) in [7, 11) is 0. The van der Waals surface area contributed by atoms with Gasteiger partial charge in [0, 0.05) is 0 Å². The van der Waals surface area contributed by atoms with E-state index in [0.717, 1.165) is 24.8 Å². The Morgan fingerprint density at radius 3 is 2.79 bits per heavy atom. The first-order valence-electron chi connectivity index (χ1n) is 6.58. The minimum absolute atomic E-state index is 0.147. The number of hydrogen-bond donors (Lipinski definition) is 3. The summed E-state index contributed by atoms with van der Waals surface area (Å²) >= 11 is 0. The lowest BCUT2D eigenvalue weighted by Gasteiger charge is -2.28. The molecule has 0 spiro atoms. The Morgan fingerprint density at radius 2 is 2.11 bits per heavy atom. The van der Waals surface area contributed by atoms with Gasteiger partial charge in [0.15, 0.2) is 0 Å². The second-order valence-electron chi connectivity index (χ2n) is 5.04. The van der Waals surface area contributed by atoms with Gasteiger partial charge < -0.3 is 15.7 Å². The van der Waals surface area contributed by atoms with Gasteiger partial charge in [0.05, 0.1) is 17.8 Å². The van der Waals surface area contributed by atoms with Crippen molar-refractivity contribution in [2.45, 2.75) is 44.8 Å². The number of rotatable bonds is 2. The lowest BCUT2D eigenvalue weighted by Crippen LogP contribution is -2.46. The average Bonchev–Trinajstić information content (AvgIpc) is 2.36. The van der Waals surface area contributed by atoms with Crippen LogP contribution in [-0.4, -0.2) is 23.3 Å². The standard InChI is InChI=1S/C14H19FN2O2/c1-9-6-7-11(10(15)8-9)16-14(19)17-12-4-2-3-5-13(12)18/h6-8,12-13,18H,2-5H2,1H3,(H2,16,17,19). The number of halogens is 1. The quantitative estimate of drug-likeness (QED) is 0.770. The first-order chi connectivity index (χ1) is 9.06. The van der Waals surface area contributed by atoms with E-state index >= 15 is 0 Å². The van der Waals surface area contributed by atoms with Crippen LogP contribution in [0.2, 0.25) is 0 Å². The lowest BCUT2D eigenvalue weighted by atomic mass is 9.93. The van der Waals surface area contributed by atoms with Crippen molar-refractivity contribution in [3.8, 4) is 0 Å². The molecule has 1 aliphatic rings. The van der Waals surface area contributed by atoms with Gasteiger partial charge in [0.25, 0.3) is 0 Å². The van der Waals surface area contributed by atoms with Gasteiger partial charge in [0.1, 0.15) is 5.82 Å². The number of benzene rings is 1. The number of carbonyl (C=O) groups excluding carboxylic acids is 1. The highest BCUT2D eigenvalue weighted by atomic mass is 19.1. The second-order valence-corrected chi connectivity index (χ2v) is 5.04. The summed E-state index contributed by atoms with van der Waals surface area (Å²) in [5.41, 5.74) is 0.944. The van der Waals surface area contributed by atoms with Crippen molar-refractivity contribution >= 4 is 11.7 Å². The van der Waals surface area contributed by atoms with Crippen molar-refractivity contribution in [1.82, 2.24) is 5.32 Å². The molecule has 1 saturated carbocycles. The molecule has 1 aromatic carbocycles. The maximum atomic E-state index is 13.6. The Hall–Kier alpha value is -1.62. The monoisotopic (exact) mass is 266 g/mol. The fourth-order valence-electron chi connectivity index (χ4n) is 2.33. The molecule has 0 radical (unpaired) electrons. The zero-order valence-electron chi connectivity index (χ0n) is 10.9. The Morgan fingerprint density at radius 1 is 1.37 bits per heavy atom. The number of nitrogens with one attached hydrogen (secondary N) is 2. The fraction of sp³-hybridized carbons (Fsp3) is 0.500. The van der Waals surface area contributed by atoms with Gasteiger partial charge in [-0.25, -0.2) is 9.18 Å². The first kappa shape index (κ1) is 13.8. The molecule has 2 rings (SSSR count). The number of urea groups is 1. The molecule has 1 aromatic rings. The highest BCUT2D eigenvalue weighted by Crippen LogP contribution is 2.19. The average molecular weight is 266 g/mol. The molecule has 0 aliphatic heterocycles. The van der Waals surface area contributed by atoms with Crippen molar-refractivity contribution < 1.29 is 14.3 Å². The van der Waals surface area contributed by atoms with Crippen molar-refractivity contribution in [3.63, 3.8) is 0 Å². The number of amides is 2. The molecule has 1 aliphatic carbocycles. The summed E-state index contributed by atoms with van der Waals surface area (Å²) in [6.07, 6.45) is 2.91. The van der Waals surface area contributed by atoms with Crippen LogP contribution in [0, 0.1) is 12.7 Å². The Bertz CT molecular complexity index is 465. The van der Waals surface area contributed by atoms with E-state index in [1.807, 2.05) is 0 Å². The molecule has 5 heteroatoms. The minimum atomic E-state index is -0.512. The van der Waals surface area contributed by atoms with Crippen molar-refractivity contribution in [2.24, 2.45) is 0 Å². The van der Waals surface area contributed by atoms with Crippen LogP contribution in [0.25, 0.3) is 0 Å². The third-order valence-electron chi connectivity index (χ3n) is 3.42. The molecule has 0 saturated heterocycles. The predicted octanol–water partition coefficient (Wildman–Crippen LogP) is 2.56. The lowest BCUT2D eigenvalue weighted by molar-refractivity contribution is 0.0955. The van der Waals surface area contributed by atoms with Gasteiger partial charge in [-0.2, -0.15) is 0 Å². The van der Waals surface area contributed by atoms with Crippen LogP contribution in [0.1, 0.15) is 31.2 Å². The third-order valence-corrected chi connectivity index (χ3v) is 3.42. The third kappa shape index (κ3) is 3.67. The molecule has 0 heterocycles. The van der Waals surface area contributed by atoms with Crippen molar-refractivity contribution in [1.29, 1.82) is 0 Å². The number of anilines is 1. The van der Waals surface area contributed by atoms with Crippen LogP contribution >= 0.6 is 0 Å². The van der Waals surface area contributed by atoms with Crippen LogP contribution < -0.4 is 10.6 Å². The SMILES string of the molecule is Cc1ccc(NC(=O)NC2CCCCC2O)c(F)c1.